The maximum Gasteiger partial charge on any atom is 0.240 e. The number of hydrogen-bond acceptors (Lipinski definition) is 3. The third-order valence-electron chi connectivity index (χ3n) is 3.67. The topological polar surface area (TPSA) is 82.6 Å². The lowest BCUT2D eigenvalue weighted by Gasteiger charge is -2.10. The Balaban J connectivity index is 2.09. The van der Waals surface area contributed by atoms with Crippen LogP contribution in [0.3, 0.4) is 0 Å². The van der Waals surface area contributed by atoms with E-state index in [1.54, 1.807) is 24.3 Å². The smallest absolute Gasteiger partial charge is 0.240 e. The molecule has 0 radical (unpaired) electrons. The van der Waals surface area contributed by atoms with Crippen LogP contribution in [0.5, 0.6) is 0 Å². The number of benzene rings is 2. The predicted molar refractivity (Wildman–Crippen MR) is 105 cm³/mol. The van der Waals surface area contributed by atoms with Gasteiger partial charge >= 0.3 is 0 Å². The largest absolute Gasteiger partial charge is 0.357 e. The molecule has 0 bridgehead atoms. The van der Waals surface area contributed by atoms with Crippen molar-refractivity contribution in [3.63, 3.8) is 0 Å². The summed E-state index contributed by atoms with van der Waals surface area (Å²) < 4.78 is 40.8. The quantitative estimate of drug-likeness (QED) is 0.476. The fourth-order valence-electron chi connectivity index (χ4n) is 2.40. The minimum absolute atomic E-state index is 0.0213. The highest BCUT2D eigenvalue weighted by atomic mass is 32.2. The zero-order valence-corrected chi connectivity index (χ0v) is 16.3. The maximum atomic E-state index is 13.2. The molecule has 2 aromatic carbocycles. The van der Waals surface area contributed by atoms with Gasteiger partial charge in [0.1, 0.15) is 5.82 Å². The van der Waals surface area contributed by atoms with Crippen LogP contribution < -0.4 is 15.4 Å². The Labute approximate surface area is 160 Å². The molecule has 146 valence electrons. The molecule has 3 N–H and O–H groups in total. The standard InChI is InChI=1S/C19H25FN4O2S/c1-3-21-19(22-4-2)23-13-16-8-6-10-18(12-16)27(25,26)24-14-15-7-5-9-17(20)11-15/h5-12,24H,3-4,13-14H2,1-2H3,(H2,21,22,23). The summed E-state index contributed by atoms with van der Waals surface area (Å²) in [5.74, 6) is 0.279. The number of aliphatic imine (C=N–C) groups is 1. The van der Waals surface area contributed by atoms with Crippen molar-refractivity contribution in [1.29, 1.82) is 0 Å². The van der Waals surface area contributed by atoms with Crippen LogP contribution in [0.4, 0.5) is 4.39 Å². The molecule has 0 spiro atoms. The lowest BCUT2D eigenvalue weighted by atomic mass is 10.2. The fourth-order valence-corrected chi connectivity index (χ4v) is 3.49. The Morgan fingerprint density at radius 2 is 1.67 bits per heavy atom. The molecule has 0 saturated carbocycles. The molecule has 8 heteroatoms. The lowest BCUT2D eigenvalue weighted by molar-refractivity contribution is 0.580. The zero-order chi connectivity index (χ0) is 19.7. The van der Waals surface area contributed by atoms with Crippen LogP contribution in [0.2, 0.25) is 0 Å². The van der Waals surface area contributed by atoms with Crippen LogP contribution in [0.25, 0.3) is 0 Å². The second-order valence-electron chi connectivity index (χ2n) is 5.83. The van der Waals surface area contributed by atoms with Crippen LogP contribution in [0.15, 0.2) is 58.4 Å². The fraction of sp³-hybridized carbons (Fsp3) is 0.316. The van der Waals surface area contributed by atoms with E-state index >= 15 is 0 Å². The van der Waals surface area contributed by atoms with Crippen molar-refractivity contribution in [2.45, 2.75) is 31.8 Å². The Bertz CT molecular complexity index is 877. The van der Waals surface area contributed by atoms with Crippen LogP contribution in [0.1, 0.15) is 25.0 Å². The number of hydrogen-bond donors (Lipinski definition) is 3. The van der Waals surface area contributed by atoms with E-state index in [4.69, 9.17) is 0 Å². The minimum atomic E-state index is -3.70. The SMILES string of the molecule is CCNC(=NCc1cccc(S(=O)(=O)NCc2cccc(F)c2)c1)NCC. The van der Waals surface area contributed by atoms with Gasteiger partial charge in [0.05, 0.1) is 11.4 Å². The number of sulfonamides is 1. The summed E-state index contributed by atoms with van der Waals surface area (Å²) in [4.78, 5) is 4.59. The molecule has 27 heavy (non-hydrogen) atoms. The summed E-state index contributed by atoms with van der Waals surface area (Å²) in [5, 5.41) is 6.24. The Hall–Kier alpha value is -2.45. The monoisotopic (exact) mass is 392 g/mol. The Morgan fingerprint density at radius 1 is 1.00 bits per heavy atom. The molecule has 0 saturated heterocycles. The van der Waals surface area contributed by atoms with Crippen molar-refractivity contribution in [2.75, 3.05) is 13.1 Å². The molecule has 2 rings (SSSR count). The molecule has 0 atom stereocenters. The number of halogens is 1. The summed E-state index contributed by atoms with van der Waals surface area (Å²) in [7, 11) is -3.70. The second kappa shape index (κ2) is 10.0. The van der Waals surface area contributed by atoms with Gasteiger partial charge in [-0.15, -0.1) is 0 Å². The molecule has 0 amide bonds. The third-order valence-corrected chi connectivity index (χ3v) is 5.07. The van der Waals surface area contributed by atoms with Crippen LogP contribution in [-0.4, -0.2) is 27.5 Å². The number of rotatable bonds is 8. The van der Waals surface area contributed by atoms with Gasteiger partial charge in [0.25, 0.3) is 0 Å². The van der Waals surface area contributed by atoms with E-state index in [0.717, 1.165) is 18.7 Å². The molecule has 0 aliphatic heterocycles. The van der Waals surface area contributed by atoms with Crippen molar-refractivity contribution in [1.82, 2.24) is 15.4 Å². The van der Waals surface area contributed by atoms with E-state index in [0.29, 0.717) is 18.1 Å². The number of guanidine groups is 1. The number of nitrogens with one attached hydrogen (secondary N) is 3. The van der Waals surface area contributed by atoms with E-state index in [-0.39, 0.29) is 11.4 Å². The first-order valence-electron chi connectivity index (χ1n) is 8.80. The van der Waals surface area contributed by atoms with Crippen molar-refractivity contribution < 1.29 is 12.8 Å². The lowest BCUT2D eigenvalue weighted by Crippen LogP contribution is -2.36. The molecule has 0 unspecified atom stereocenters. The molecule has 2 aromatic rings. The molecule has 0 fully saturated rings. The van der Waals surface area contributed by atoms with Gasteiger partial charge in [-0.2, -0.15) is 0 Å². The van der Waals surface area contributed by atoms with E-state index in [9.17, 15) is 12.8 Å². The van der Waals surface area contributed by atoms with Gasteiger partial charge in [0.15, 0.2) is 5.96 Å². The van der Waals surface area contributed by atoms with Gasteiger partial charge < -0.3 is 10.6 Å². The number of nitrogens with zero attached hydrogens (tertiary/aromatic N) is 1. The van der Waals surface area contributed by atoms with Crippen LogP contribution in [0, 0.1) is 5.82 Å². The Kier molecular flexibility index (Phi) is 7.75. The summed E-state index contributed by atoms with van der Waals surface area (Å²) >= 11 is 0. The van der Waals surface area contributed by atoms with E-state index in [1.165, 1.54) is 18.2 Å². The molecule has 0 aliphatic carbocycles. The molecule has 0 aromatic heterocycles. The van der Waals surface area contributed by atoms with Crippen LogP contribution in [-0.2, 0) is 23.1 Å². The second-order valence-corrected chi connectivity index (χ2v) is 7.59. The van der Waals surface area contributed by atoms with E-state index in [2.05, 4.69) is 20.3 Å². The minimum Gasteiger partial charge on any atom is -0.357 e. The van der Waals surface area contributed by atoms with Gasteiger partial charge in [-0.3, -0.25) is 0 Å². The van der Waals surface area contributed by atoms with Gasteiger partial charge in [0.2, 0.25) is 10.0 Å². The normalized spacial score (nSPS) is 11.1. The van der Waals surface area contributed by atoms with Gasteiger partial charge in [0, 0.05) is 19.6 Å². The highest BCUT2D eigenvalue weighted by Gasteiger charge is 2.14. The Morgan fingerprint density at radius 3 is 2.33 bits per heavy atom. The molecule has 6 nitrogen and oxygen atoms in total. The van der Waals surface area contributed by atoms with Gasteiger partial charge in [-0.05, 0) is 49.2 Å². The van der Waals surface area contributed by atoms with E-state index in [1.807, 2.05) is 19.9 Å². The summed E-state index contributed by atoms with van der Waals surface area (Å²) in [5.41, 5.74) is 1.33. The van der Waals surface area contributed by atoms with Gasteiger partial charge in [-0.1, -0.05) is 24.3 Å². The van der Waals surface area contributed by atoms with Crippen molar-refractivity contribution in [3.8, 4) is 0 Å². The first kappa shape index (κ1) is 20.9. The van der Waals surface area contributed by atoms with Crippen molar-refractivity contribution in [3.05, 3.63) is 65.5 Å². The average molecular weight is 393 g/mol. The first-order chi connectivity index (χ1) is 12.9. The van der Waals surface area contributed by atoms with Crippen molar-refractivity contribution in [2.24, 2.45) is 4.99 Å². The zero-order valence-electron chi connectivity index (χ0n) is 15.5. The van der Waals surface area contributed by atoms with Crippen LogP contribution >= 0.6 is 0 Å². The molecule has 0 aliphatic rings. The average Bonchev–Trinajstić information content (AvgIpc) is 2.65. The third kappa shape index (κ3) is 6.65. The summed E-state index contributed by atoms with van der Waals surface area (Å²) in [6.07, 6.45) is 0. The van der Waals surface area contributed by atoms with Gasteiger partial charge in [-0.25, -0.2) is 22.5 Å². The van der Waals surface area contributed by atoms with Crippen molar-refractivity contribution >= 4 is 16.0 Å². The highest BCUT2D eigenvalue weighted by Crippen LogP contribution is 2.13. The molecular weight excluding hydrogens is 367 g/mol. The highest BCUT2D eigenvalue weighted by molar-refractivity contribution is 7.89. The summed E-state index contributed by atoms with van der Waals surface area (Å²) in [6, 6.07) is 12.5. The van der Waals surface area contributed by atoms with E-state index < -0.39 is 15.8 Å². The maximum absolute atomic E-state index is 13.2. The molecule has 0 heterocycles. The first-order valence-corrected chi connectivity index (χ1v) is 10.3. The predicted octanol–water partition coefficient (Wildman–Crippen LogP) is 2.38. The molecular formula is C19H25FN4O2S. The summed E-state index contributed by atoms with van der Waals surface area (Å²) in [6.45, 7) is 5.80.